The second-order valence-electron chi connectivity index (χ2n) is 5.64. The van der Waals surface area contributed by atoms with Crippen LogP contribution in [-0.4, -0.2) is 49.0 Å². The normalized spacial score (nSPS) is 21.6. The Kier molecular flexibility index (Phi) is 5.71. The molecule has 0 spiro atoms. The second-order valence-corrected chi connectivity index (χ2v) is 5.64. The summed E-state index contributed by atoms with van der Waals surface area (Å²) in [6, 6.07) is 3.98. The van der Waals surface area contributed by atoms with Crippen molar-refractivity contribution in [1.82, 2.24) is 4.90 Å². The van der Waals surface area contributed by atoms with Crippen LogP contribution < -0.4 is 9.47 Å². The van der Waals surface area contributed by atoms with Gasteiger partial charge in [0.2, 0.25) is 0 Å². The molecule has 140 valence electrons. The lowest BCUT2D eigenvalue weighted by Gasteiger charge is -2.20. The van der Waals surface area contributed by atoms with Gasteiger partial charge in [-0.25, -0.2) is 0 Å². The molecule has 1 aliphatic heterocycles. The third kappa shape index (κ3) is 4.71. The van der Waals surface area contributed by atoms with E-state index in [1.165, 1.54) is 30.2 Å². The molecule has 1 N–H and O–H groups in total. The Morgan fingerprint density at radius 2 is 2.04 bits per heavy atom. The van der Waals surface area contributed by atoms with Gasteiger partial charge in [-0.2, -0.15) is 22.0 Å². The number of aliphatic carboxylic acids is 1. The van der Waals surface area contributed by atoms with E-state index in [0.29, 0.717) is 5.75 Å². The van der Waals surface area contributed by atoms with Gasteiger partial charge in [0.15, 0.2) is 0 Å². The summed E-state index contributed by atoms with van der Waals surface area (Å²) in [5.41, 5.74) is 0.187. The lowest BCUT2D eigenvalue weighted by atomic mass is 9.96. The first-order chi connectivity index (χ1) is 11.6. The fraction of sp³-hybridized carbons (Fsp3) is 0.533. The number of carbonyl (C=O) groups is 1. The second kappa shape index (κ2) is 7.42. The van der Waals surface area contributed by atoms with Crippen LogP contribution in [0.2, 0.25) is 0 Å². The molecule has 0 amide bonds. The molecular formula is C15H16F5NO4. The van der Waals surface area contributed by atoms with E-state index in [4.69, 9.17) is 9.84 Å². The van der Waals surface area contributed by atoms with E-state index in [1.54, 1.807) is 0 Å². The van der Waals surface area contributed by atoms with Crippen molar-refractivity contribution in [3.8, 4) is 11.5 Å². The summed E-state index contributed by atoms with van der Waals surface area (Å²) in [5, 5.41) is 9.02. The summed E-state index contributed by atoms with van der Waals surface area (Å²) in [6.07, 6.45) is -4.66. The van der Waals surface area contributed by atoms with Crippen molar-refractivity contribution in [3.05, 3.63) is 23.8 Å². The molecular weight excluding hydrogens is 353 g/mol. The van der Waals surface area contributed by atoms with Gasteiger partial charge in [-0.1, -0.05) is 0 Å². The van der Waals surface area contributed by atoms with Gasteiger partial charge < -0.3 is 14.6 Å². The minimum Gasteiger partial charge on any atom is -0.497 e. The number of rotatable bonds is 6. The smallest absolute Gasteiger partial charge is 0.393 e. The molecule has 1 heterocycles. The van der Waals surface area contributed by atoms with Gasteiger partial charge in [0.05, 0.1) is 18.9 Å². The van der Waals surface area contributed by atoms with Crippen molar-refractivity contribution < 1.29 is 41.3 Å². The molecule has 0 radical (unpaired) electrons. The number of nitrogens with zero attached hydrogens (tertiary/aromatic N) is 1. The molecule has 2 atom stereocenters. The fourth-order valence-electron chi connectivity index (χ4n) is 2.85. The highest BCUT2D eigenvalue weighted by atomic mass is 19.4. The molecule has 0 bridgehead atoms. The first-order valence-corrected chi connectivity index (χ1v) is 7.25. The predicted molar refractivity (Wildman–Crippen MR) is 75.6 cm³/mol. The van der Waals surface area contributed by atoms with E-state index in [-0.39, 0.29) is 24.4 Å². The van der Waals surface area contributed by atoms with Gasteiger partial charge in [0, 0.05) is 25.2 Å². The van der Waals surface area contributed by atoms with Crippen LogP contribution in [0.5, 0.6) is 11.5 Å². The average molecular weight is 369 g/mol. The molecule has 1 saturated heterocycles. The van der Waals surface area contributed by atoms with E-state index in [2.05, 4.69) is 4.74 Å². The van der Waals surface area contributed by atoms with Crippen LogP contribution in [0.15, 0.2) is 18.2 Å². The zero-order valence-electron chi connectivity index (χ0n) is 13.1. The summed E-state index contributed by atoms with van der Waals surface area (Å²) in [6.45, 7) is -4.15. The minimum absolute atomic E-state index is 0.171. The number of hydrogen-bond donors (Lipinski definition) is 1. The predicted octanol–water partition coefficient (Wildman–Crippen LogP) is 2.99. The number of ether oxygens (including phenoxy) is 2. The average Bonchev–Trinajstić information content (AvgIpc) is 2.93. The SMILES string of the molecule is COc1ccc(OC(F)F)c(CN2C[C@@H](C(F)(F)F)[C@H](C(=O)O)C2)c1. The topological polar surface area (TPSA) is 59.0 Å². The van der Waals surface area contributed by atoms with Gasteiger partial charge in [-0.05, 0) is 18.2 Å². The molecule has 10 heteroatoms. The first-order valence-electron chi connectivity index (χ1n) is 7.25. The van der Waals surface area contributed by atoms with E-state index in [1.807, 2.05) is 0 Å². The highest BCUT2D eigenvalue weighted by Crippen LogP contribution is 2.39. The van der Waals surface area contributed by atoms with Crippen molar-refractivity contribution in [2.45, 2.75) is 19.3 Å². The van der Waals surface area contributed by atoms with Crippen LogP contribution in [0.3, 0.4) is 0 Å². The van der Waals surface area contributed by atoms with Crippen LogP contribution >= 0.6 is 0 Å². The Bertz CT molecular complexity index is 622. The zero-order chi connectivity index (χ0) is 18.8. The molecule has 5 nitrogen and oxygen atoms in total. The minimum atomic E-state index is -4.66. The number of benzene rings is 1. The van der Waals surface area contributed by atoms with Crippen LogP contribution in [0.4, 0.5) is 22.0 Å². The van der Waals surface area contributed by atoms with Crippen LogP contribution in [0.25, 0.3) is 0 Å². The van der Waals surface area contributed by atoms with Crippen molar-refractivity contribution >= 4 is 5.97 Å². The maximum absolute atomic E-state index is 13.0. The maximum Gasteiger partial charge on any atom is 0.393 e. The van der Waals surface area contributed by atoms with Crippen molar-refractivity contribution in [1.29, 1.82) is 0 Å². The third-order valence-electron chi connectivity index (χ3n) is 4.01. The number of methoxy groups -OCH3 is 1. The molecule has 25 heavy (non-hydrogen) atoms. The summed E-state index contributed by atoms with van der Waals surface area (Å²) in [7, 11) is 1.35. The molecule has 2 rings (SSSR count). The number of likely N-dealkylation sites (tertiary alicyclic amines) is 1. The molecule has 0 saturated carbocycles. The summed E-state index contributed by atoms with van der Waals surface area (Å²) in [4.78, 5) is 12.4. The van der Waals surface area contributed by atoms with Crippen molar-refractivity contribution in [2.24, 2.45) is 11.8 Å². The maximum atomic E-state index is 13.0. The molecule has 1 fully saturated rings. The lowest BCUT2D eigenvalue weighted by Crippen LogP contribution is -2.33. The van der Waals surface area contributed by atoms with Crippen LogP contribution in [0.1, 0.15) is 5.56 Å². The standard InChI is InChI=1S/C15H16F5NO4/c1-24-9-2-3-12(25-14(16)17)8(4-9)5-21-6-10(13(22)23)11(7-21)15(18,19)20/h2-4,10-11,14H,5-7H2,1H3,(H,22,23)/t10-,11-/m1/s1. The molecule has 0 aromatic heterocycles. The van der Waals surface area contributed by atoms with Gasteiger partial charge in [-0.15, -0.1) is 0 Å². The number of alkyl halides is 5. The quantitative estimate of drug-likeness (QED) is 0.782. The molecule has 0 aliphatic carbocycles. The Morgan fingerprint density at radius 3 is 2.52 bits per heavy atom. The Balaban J connectivity index is 2.22. The van der Waals surface area contributed by atoms with Gasteiger partial charge in [0.1, 0.15) is 11.5 Å². The monoisotopic (exact) mass is 369 g/mol. The molecule has 1 aromatic carbocycles. The fourth-order valence-corrected chi connectivity index (χ4v) is 2.85. The van der Waals surface area contributed by atoms with E-state index < -0.39 is 37.1 Å². The largest absolute Gasteiger partial charge is 0.497 e. The van der Waals surface area contributed by atoms with Crippen molar-refractivity contribution in [3.63, 3.8) is 0 Å². The molecule has 1 aliphatic rings. The third-order valence-corrected chi connectivity index (χ3v) is 4.01. The number of hydrogen-bond acceptors (Lipinski definition) is 4. The van der Waals surface area contributed by atoms with Gasteiger partial charge in [0.25, 0.3) is 0 Å². The summed E-state index contributed by atoms with van der Waals surface area (Å²) >= 11 is 0. The van der Waals surface area contributed by atoms with Crippen LogP contribution in [0, 0.1) is 11.8 Å². The van der Waals surface area contributed by atoms with Crippen molar-refractivity contribution in [2.75, 3.05) is 20.2 Å². The zero-order valence-corrected chi connectivity index (χ0v) is 13.1. The highest BCUT2D eigenvalue weighted by molar-refractivity contribution is 5.71. The lowest BCUT2D eigenvalue weighted by molar-refractivity contribution is -0.188. The molecule has 1 aromatic rings. The number of carboxylic acid groups (broad SMARTS) is 1. The Hall–Kier alpha value is -2.10. The van der Waals surface area contributed by atoms with Gasteiger partial charge in [-0.3, -0.25) is 9.69 Å². The van der Waals surface area contributed by atoms with E-state index in [0.717, 1.165) is 0 Å². The summed E-state index contributed by atoms with van der Waals surface area (Å²) in [5.74, 6) is -5.05. The van der Waals surface area contributed by atoms with E-state index >= 15 is 0 Å². The molecule has 0 unspecified atom stereocenters. The Labute approximate surface area is 139 Å². The number of halogens is 5. The first kappa shape index (κ1) is 19.2. The Morgan fingerprint density at radius 1 is 1.36 bits per heavy atom. The van der Waals surface area contributed by atoms with Gasteiger partial charge >= 0.3 is 18.8 Å². The number of carboxylic acids is 1. The highest BCUT2D eigenvalue weighted by Gasteiger charge is 2.52. The van der Waals surface area contributed by atoms with E-state index in [9.17, 15) is 26.7 Å². The summed E-state index contributed by atoms with van der Waals surface area (Å²) < 4.78 is 73.4. The van der Waals surface area contributed by atoms with Crippen LogP contribution in [-0.2, 0) is 11.3 Å².